The number of aromatic nitrogens is 4. The number of thioether (sulfide) groups is 1. The molecule has 0 spiro atoms. The van der Waals surface area contributed by atoms with Crippen LogP contribution in [0.5, 0.6) is 0 Å². The van der Waals surface area contributed by atoms with E-state index in [1.165, 1.54) is 30.5 Å². The van der Waals surface area contributed by atoms with E-state index in [0.717, 1.165) is 16.4 Å². The molecule has 0 bridgehead atoms. The lowest BCUT2D eigenvalue weighted by Crippen LogP contribution is -2.48. The van der Waals surface area contributed by atoms with Crippen molar-refractivity contribution in [2.75, 3.05) is 16.0 Å². The van der Waals surface area contributed by atoms with Crippen LogP contribution in [0.2, 0.25) is 0 Å². The second-order valence-corrected chi connectivity index (χ2v) is 7.79. The zero-order valence-corrected chi connectivity index (χ0v) is 17.0. The van der Waals surface area contributed by atoms with Gasteiger partial charge >= 0.3 is 17.8 Å². The summed E-state index contributed by atoms with van der Waals surface area (Å²) in [6.07, 6.45) is -3.48. The number of alkyl halides is 3. The number of carbonyl (C=O) groups excluding carboxylic acids is 2. The second-order valence-electron chi connectivity index (χ2n) is 6.70. The van der Waals surface area contributed by atoms with Crippen molar-refractivity contribution < 1.29 is 22.8 Å². The molecule has 0 saturated carbocycles. The number of aromatic amines is 1. The van der Waals surface area contributed by atoms with Gasteiger partial charge in [-0.3, -0.25) is 19.5 Å². The average molecular weight is 464 g/mol. The average Bonchev–Trinajstić information content (AvgIpc) is 3.34. The molecule has 0 aliphatic carbocycles. The van der Waals surface area contributed by atoms with Crippen molar-refractivity contribution in [1.29, 1.82) is 0 Å². The molecule has 1 aliphatic heterocycles. The minimum atomic E-state index is -5.12. The van der Waals surface area contributed by atoms with Crippen LogP contribution in [-0.4, -0.2) is 48.7 Å². The van der Waals surface area contributed by atoms with Crippen molar-refractivity contribution in [3.05, 3.63) is 59.1 Å². The molecular formula is C19H15F3N6O3S. The van der Waals surface area contributed by atoms with E-state index < -0.39 is 28.9 Å². The molecule has 3 heterocycles. The lowest BCUT2D eigenvalue weighted by Gasteiger charge is -2.28. The normalized spacial score (nSPS) is 16.2. The summed E-state index contributed by atoms with van der Waals surface area (Å²) >= 11 is 0.901. The number of H-pyrrole nitrogens is 1. The van der Waals surface area contributed by atoms with Crippen LogP contribution < -0.4 is 15.9 Å². The highest BCUT2D eigenvalue weighted by Gasteiger charge is 2.47. The van der Waals surface area contributed by atoms with E-state index in [4.69, 9.17) is 0 Å². The van der Waals surface area contributed by atoms with E-state index in [2.05, 4.69) is 20.4 Å². The van der Waals surface area contributed by atoms with Gasteiger partial charge in [-0.1, -0.05) is 17.8 Å². The maximum Gasteiger partial charge on any atom is 0.471 e. The number of amides is 1. The summed E-state index contributed by atoms with van der Waals surface area (Å²) in [6, 6.07) is 9.19. The smallest absolute Gasteiger partial charge is 0.324 e. The molecule has 2 N–H and O–H groups in total. The van der Waals surface area contributed by atoms with E-state index >= 15 is 0 Å². The maximum atomic E-state index is 13.1. The number of benzene rings is 1. The zero-order valence-electron chi connectivity index (χ0n) is 16.2. The zero-order chi connectivity index (χ0) is 22.9. The second kappa shape index (κ2) is 8.49. The van der Waals surface area contributed by atoms with E-state index in [1.54, 1.807) is 18.2 Å². The van der Waals surface area contributed by atoms with Gasteiger partial charge in [0.1, 0.15) is 6.04 Å². The number of hydrogen-bond donors (Lipinski definition) is 2. The SMILES string of the molecule is O=C1SCC[C@H]1N(C(=O)C(F)(F)F)c1ccc(Nc2nn(-c3ccccn3)c(=O)[nH]2)cc1. The first-order chi connectivity index (χ1) is 15.2. The Balaban J connectivity index is 1.57. The predicted molar refractivity (Wildman–Crippen MR) is 111 cm³/mol. The molecule has 3 aromatic rings. The fourth-order valence-corrected chi connectivity index (χ4v) is 4.11. The number of rotatable bonds is 5. The lowest BCUT2D eigenvalue weighted by molar-refractivity contribution is -0.171. The first-order valence-electron chi connectivity index (χ1n) is 9.29. The van der Waals surface area contributed by atoms with Crippen molar-refractivity contribution in [2.45, 2.75) is 18.6 Å². The van der Waals surface area contributed by atoms with Crippen molar-refractivity contribution in [2.24, 2.45) is 0 Å². The third-order valence-corrected chi connectivity index (χ3v) is 5.57. The largest absolute Gasteiger partial charge is 0.471 e. The Morgan fingerprint density at radius 2 is 1.94 bits per heavy atom. The topological polar surface area (TPSA) is 113 Å². The van der Waals surface area contributed by atoms with Crippen LogP contribution in [0.4, 0.5) is 30.5 Å². The fourth-order valence-electron chi connectivity index (χ4n) is 3.15. The fraction of sp³-hybridized carbons (Fsp3) is 0.211. The standard InChI is InChI=1S/C19H15F3N6O3S/c20-19(21,22)16(30)27(13-8-10-32-15(13)29)12-6-4-11(5-7-12)24-17-25-18(31)28(26-17)14-3-1-2-9-23-14/h1-7,9,13H,8,10H2,(H2,24,25,26,31)/t13-/m1/s1. The molecule has 1 fully saturated rings. The molecule has 0 radical (unpaired) electrons. The monoisotopic (exact) mass is 464 g/mol. The minimum Gasteiger partial charge on any atom is -0.324 e. The van der Waals surface area contributed by atoms with Crippen molar-refractivity contribution in [3.8, 4) is 5.82 Å². The number of hydrogen-bond acceptors (Lipinski definition) is 7. The van der Waals surface area contributed by atoms with Gasteiger partial charge in [-0.2, -0.15) is 17.9 Å². The first-order valence-corrected chi connectivity index (χ1v) is 10.3. The summed E-state index contributed by atoms with van der Waals surface area (Å²) < 4.78 is 40.5. The molecular weight excluding hydrogens is 449 g/mol. The highest BCUT2D eigenvalue weighted by Crippen LogP contribution is 2.33. The van der Waals surface area contributed by atoms with Crippen LogP contribution in [0.3, 0.4) is 0 Å². The number of carbonyl (C=O) groups is 2. The summed E-state index contributed by atoms with van der Waals surface area (Å²) in [7, 11) is 0. The summed E-state index contributed by atoms with van der Waals surface area (Å²) in [5.74, 6) is -1.37. The third-order valence-electron chi connectivity index (χ3n) is 4.57. The van der Waals surface area contributed by atoms with Crippen molar-refractivity contribution in [3.63, 3.8) is 0 Å². The predicted octanol–water partition coefficient (Wildman–Crippen LogP) is 2.63. The minimum absolute atomic E-state index is 0.0637. The lowest BCUT2D eigenvalue weighted by atomic mass is 10.1. The van der Waals surface area contributed by atoms with Gasteiger partial charge in [0.05, 0.1) is 0 Å². The van der Waals surface area contributed by atoms with Gasteiger partial charge in [0, 0.05) is 23.3 Å². The summed E-state index contributed by atoms with van der Waals surface area (Å²) in [4.78, 5) is 43.2. The molecule has 1 aromatic carbocycles. The maximum absolute atomic E-state index is 13.1. The van der Waals surface area contributed by atoms with E-state index in [-0.39, 0.29) is 18.1 Å². The Bertz CT molecular complexity index is 1190. The van der Waals surface area contributed by atoms with Crippen LogP contribution in [0, 0.1) is 0 Å². The summed E-state index contributed by atoms with van der Waals surface area (Å²) in [5.41, 5.74) is -0.213. The number of pyridine rings is 1. The Morgan fingerprint density at radius 3 is 2.53 bits per heavy atom. The number of nitrogens with one attached hydrogen (secondary N) is 2. The molecule has 1 aliphatic rings. The summed E-state index contributed by atoms with van der Waals surface area (Å²) in [5, 5.41) is 6.42. The number of halogens is 3. The molecule has 166 valence electrons. The van der Waals surface area contributed by atoms with Crippen LogP contribution in [-0.2, 0) is 9.59 Å². The molecule has 2 aromatic heterocycles. The van der Waals surface area contributed by atoms with Crippen LogP contribution in [0.15, 0.2) is 53.5 Å². The van der Waals surface area contributed by atoms with Gasteiger partial charge in [0.25, 0.3) is 0 Å². The van der Waals surface area contributed by atoms with Crippen LogP contribution in [0.25, 0.3) is 5.82 Å². The van der Waals surface area contributed by atoms with Gasteiger partial charge < -0.3 is 5.32 Å². The quantitative estimate of drug-likeness (QED) is 0.597. The molecule has 1 saturated heterocycles. The van der Waals surface area contributed by atoms with Crippen LogP contribution >= 0.6 is 11.8 Å². The molecule has 0 unspecified atom stereocenters. The Labute approximate surface area is 182 Å². The molecule has 1 atom stereocenters. The number of anilines is 3. The third kappa shape index (κ3) is 4.37. The molecule has 1 amide bonds. The van der Waals surface area contributed by atoms with Gasteiger partial charge in [0.2, 0.25) is 11.1 Å². The highest BCUT2D eigenvalue weighted by molar-refractivity contribution is 8.14. The molecule has 32 heavy (non-hydrogen) atoms. The Kier molecular flexibility index (Phi) is 5.74. The Morgan fingerprint density at radius 1 is 1.19 bits per heavy atom. The van der Waals surface area contributed by atoms with E-state index in [0.29, 0.717) is 22.2 Å². The van der Waals surface area contributed by atoms with E-state index in [9.17, 15) is 27.6 Å². The van der Waals surface area contributed by atoms with Gasteiger partial charge in [0.15, 0.2) is 5.82 Å². The van der Waals surface area contributed by atoms with Gasteiger partial charge in [-0.25, -0.2) is 9.78 Å². The van der Waals surface area contributed by atoms with Gasteiger partial charge in [-0.15, -0.1) is 5.10 Å². The van der Waals surface area contributed by atoms with E-state index in [1.807, 2.05) is 0 Å². The Hall–Kier alpha value is -3.61. The van der Waals surface area contributed by atoms with Gasteiger partial charge in [-0.05, 0) is 42.8 Å². The summed E-state index contributed by atoms with van der Waals surface area (Å²) in [6.45, 7) is 0. The molecule has 9 nitrogen and oxygen atoms in total. The van der Waals surface area contributed by atoms with Crippen LogP contribution in [0.1, 0.15) is 6.42 Å². The molecule has 4 rings (SSSR count). The van der Waals surface area contributed by atoms with Crippen molar-refractivity contribution >= 4 is 40.1 Å². The number of nitrogens with zero attached hydrogens (tertiary/aromatic N) is 4. The first kappa shape index (κ1) is 21.6. The molecule has 13 heteroatoms. The highest BCUT2D eigenvalue weighted by atomic mass is 32.2. The van der Waals surface area contributed by atoms with Crippen molar-refractivity contribution in [1.82, 2.24) is 19.7 Å².